The molecule has 1 N–H and O–H groups in total. The van der Waals surface area contributed by atoms with Crippen LogP contribution in [0.25, 0.3) is 0 Å². The Kier molecular flexibility index (Phi) is 4.84. The molecule has 0 radical (unpaired) electrons. The molecule has 6 heteroatoms. The van der Waals surface area contributed by atoms with E-state index in [1.165, 1.54) is 4.88 Å². The number of nitrogens with zero attached hydrogens (tertiary/aromatic N) is 2. The number of nitrogens with one attached hydrogen (secondary N) is 1. The van der Waals surface area contributed by atoms with Gasteiger partial charge in [-0.05, 0) is 41.2 Å². The van der Waals surface area contributed by atoms with E-state index >= 15 is 0 Å². The number of hydrogen-bond acceptors (Lipinski definition) is 3. The van der Waals surface area contributed by atoms with Crippen molar-refractivity contribution in [3.63, 3.8) is 0 Å². The average molecular weight is 349 g/mol. The van der Waals surface area contributed by atoms with E-state index in [2.05, 4.69) is 44.7 Å². The summed E-state index contributed by atoms with van der Waals surface area (Å²) < 4.78 is 3.11. The zero-order valence-electron chi connectivity index (χ0n) is 10.3. The van der Waals surface area contributed by atoms with Crippen LogP contribution in [-0.2, 0) is 19.6 Å². The van der Waals surface area contributed by atoms with E-state index in [1.807, 2.05) is 11.6 Å². The van der Waals surface area contributed by atoms with Crippen LogP contribution in [0.15, 0.2) is 15.9 Å². The minimum Gasteiger partial charge on any atom is -0.306 e. The maximum absolute atomic E-state index is 6.25. The lowest BCUT2D eigenvalue weighted by Gasteiger charge is -2.07. The van der Waals surface area contributed by atoms with Crippen molar-refractivity contribution in [2.75, 3.05) is 0 Å². The number of rotatable bonds is 5. The van der Waals surface area contributed by atoms with Crippen molar-refractivity contribution in [2.45, 2.75) is 33.5 Å². The first-order chi connectivity index (χ1) is 8.63. The van der Waals surface area contributed by atoms with Crippen molar-refractivity contribution in [3.05, 3.63) is 37.2 Å². The van der Waals surface area contributed by atoms with Crippen molar-refractivity contribution in [2.24, 2.45) is 0 Å². The standard InChI is InChI=1S/C12H15BrClN3S/c1-3-17-10(12(14)8(2)16-17)6-15-7-11-9(13)4-5-18-11/h4-5,15H,3,6-7H2,1-2H3. The highest BCUT2D eigenvalue weighted by atomic mass is 79.9. The van der Waals surface area contributed by atoms with Crippen LogP contribution >= 0.6 is 38.9 Å². The van der Waals surface area contributed by atoms with E-state index in [0.29, 0.717) is 0 Å². The van der Waals surface area contributed by atoms with Gasteiger partial charge in [0.05, 0.1) is 16.4 Å². The molecule has 0 aliphatic carbocycles. The minimum atomic E-state index is 0.734. The number of aromatic nitrogens is 2. The lowest BCUT2D eigenvalue weighted by molar-refractivity contribution is 0.580. The molecule has 2 rings (SSSR count). The molecule has 0 aromatic carbocycles. The topological polar surface area (TPSA) is 29.9 Å². The van der Waals surface area contributed by atoms with Gasteiger partial charge in [0.25, 0.3) is 0 Å². The molecule has 0 saturated carbocycles. The Balaban J connectivity index is 2.00. The van der Waals surface area contributed by atoms with Gasteiger partial charge in [0.1, 0.15) is 0 Å². The van der Waals surface area contributed by atoms with Gasteiger partial charge >= 0.3 is 0 Å². The van der Waals surface area contributed by atoms with Crippen molar-refractivity contribution in [1.82, 2.24) is 15.1 Å². The Morgan fingerprint density at radius 1 is 1.50 bits per heavy atom. The second-order valence-corrected chi connectivity index (χ2v) is 6.19. The second-order valence-electron chi connectivity index (χ2n) is 3.96. The van der Waals surface area contributed by atoms with E-state index in [1.54, 1.807) is 11.3 Å². The van der Waals surface area contributed by atoms with E-state index < -0.39 is 0 Å². The highest BCUT2D eigenvalue weighted by Crippen LogP contribution is 2.23. The first-order valence-corrected chi connectivity index (χ1v) is 7.83. The fourth-order valence-corrected chi connectivity index (χ4v) is 3.45. The largest absolute Gasteiger partial charge is 0.306 e. The van der Waals surface area contributed by atoms with Crippen LogP contribution in [0.5, 0.6) is 0 Å². The molecule has 2 aromatic heterocycles. The third kappa shape index (κ3) is 2.96. The van der Waals surface area contributed by atoms with Gasteiger partial charge in [0, 0.05) is 29.0 Å². The fraction of sp³-hybridized carbons (Fsp3) is 0.417. The van der Waals surface area contributed by atoms with Crippen molar-refractivity contribution in [3.8, 4) is 0 Å². The molecule has 0 aliphatic rings. The van der Waals surface area contributed by atoms with E-state index in [0.717, 1.165) is 40.5 Å². The SMILES string of the molecule is CCn1nc(C)c(Cl)c1CNCc1sccc1Br. The molecule has 0 aliphatic heterocycles. The molecule has 0 saturated heterocycles. The monoisotopic (exact) mass is 347 g/mol. The maximum atomic E-state index is 6.25. The molecule has 2 aromatic rings. The molecule has 0 unspecified atom stereocenters. The molecule has 2 heterocycles. The van der Waals surface area contributed by atoms with Crippen LogP contribution in [-0.4, -0.2) is 9.78 Å². The van der Waals surface area contributed by atoms with Gasteiger partial charge in [-0.2, -0.15) is 5.10 Å². The molecule has 98 valence electrons. The van der Waals surface area contributed by atoms with Gasteiger partial charge in [-0.25, -0.2) is 0 Å². The van der Waals surface area contributed by atoms with E-state index in [4.69, 9.17) is 11.6 Å². The number of thiophene rings is 1. The zero-order valence-corrected chi connectivity index (χ0v) is 13.5. The molecule has 0 spiro atoms. The summed E-state index contributed by atoms with van der Waals surface area (Å²) in [5.74, 6) is 0. The summed E-state index contributed by atoms with van der Waals surface area (Å²) in [6.07, 6.45) is 0. The summed E-state index contributed by atoms with van der Waals surface area (Å²) in [4.78, 5) is 1.30. The summed E-state index contributed by atoms with van der Waals surface area (Å²) in [5.41, 5.74) is 1.96. The molecule has 0 amide bonds. The van der Waals surface area contributed by atoms with Crippen LogP contribution in [0.3, 0.4) is 0 Å². The summed E-state index contributed by atoms with van der Waals surface area (Å²) in [6.45, 7) is 6.42. The molecule has 0 atom stereocenters. The summed E-state index contributed by atoms with van der Waals surface area (Å²) in [6, 6.07) is 2.06. The first kappa shape index (κ1) is 14.1. The summed E-state index contributed by atoms with van der Waals surface area (Å²) in [7, 11) is 0. The van der Waals surface area contributed by atoms with Crippen molar-refractivity contribution in [1.29, 1.82) is 0 Å². The lowest BCUT2D eigenvalue weighted by Crippen LogP contribution is -2.16. The Morgan fingerprint density at radius 2 is 2.28 bits per heavy atom. The first-order valence-electron chi connectivity index (χ1n) is 5.77. The van der Waals surface area contributed by atoms with Crippen LogP contribution in [0, 0.1) is 6.92 Å². The van der Waals surface area contributed by atoms with Crippen LogP contribution in [0.4, 0.5) is 0 Å². The molecule has 18 heavy (non-hydrogen) atoms. The van der Waals surface area contributed by atoms with Gasteiger partial charge in [-0.3, -0.25) is 4.68 Å². The molecular formula is C12H15BrClN3S. The van der Waals surface area contributed by atoms with Gasteiger partial charge in [0.2, 0.25) is 0 Å². The molecular weight excluding hydrogens is 334 g/mol. The van der Waals surface area contributed by atoms with Crippen molar-refractivity contribution < 1.29 is 0 Å². The van der Waals surface area contributed by atoms with Crippen LogP contribution < -0.4 is 5.32 Å². The predicted molar refractivity (Wildman–Crippen MR) is 80.2 cm³/mol. The molecule has 0 fully saturated rings. The molecule has 0 bridgehead atoms. The number of hydrogen-bond donors (Lipinski definition) is 1. The second kappa shape index (κ2) is 6.19. The zero-order chi connectivity index (χ0) is 13.1. The van der Waals surface area contributed by atoms with Crippen molar-refractivity contribution >= 4 is 38.9 Å². The van der Waals surface area contributed by atoms with Gasteiger partial charge < -0.3 is 5.32 Å². The highest BCUT2D eigenvalue weighted by Gasteiger charge is 2.12. The van der Waals surface area contributed by atoms with Crippen LogP contribution in [0.1, 0.15) is 23.2 Å². The number of halogens is 2. The Morgan fingerprint density at radius 3 is 2.89 bits per heavy atom. The highest BCUT2D eigenvalue weighted by molar-refractivity contribution is 9.10. The van der Waals surface area contributed by atoms with E-state index in [9.17, 15) is 0 Å². The fourth-order valence-electron chi connectivity index (χ4n) is 1.78. The smallest absolute Gasteiger partial charge is 0.0860 e. The van der Waals surface area contributed by atoms with Gasteiger partial charge in [0.15, 0.2) is 0 Å². The van der Waals surface area contributed by atoms with Crippen LogP contribution in [0.2, 0.25) is 5.02 Å². The molecule has 3 nitrogen and oxygen atoms in total. The average Bonchev–Trinajstić information content (AvgIpc) is 2.87. The summed E-state index contributed by atoms with van der Waals surface area (Å²) in [5, 5.41) is 10.7. The quantitative estimate of drug-likeness (QED) is 0.886. The predicted octanol–water partition coefficient (Wildman–Crippen LogP) is 3.98. The van der Waals surface area contributed by atoms with E-state index in [-0.39, 0.29) is 0 Å². The third-order valence-corrected chi connectivity index (χ3v) is 5.14. The van der Waals surface area contributed by atoms with Gasteiger partial charge in [-0.15, -0.1) is 11.3 Å². The normalized spacial score (nSPS) is 11.1. The summed E-state index contributed by atoms with van der Waals surface area (Å²) >= 11 is 11.5. The Bertz CT molecular complexity index is 535. The lowest BCUT2D eigenvalue weighted by atomic mass is 10.3. The maximum Gasteiger partial charge on any atom is 0.0860 e. The number of aryl methyl sites for hydroxylation is 2. The Labute approximate surface area is 124 Å². The van der Waals surface area contributed by atoms with Gasteiger partial charge in [-0.1, -0.05) is 11.6 Å². The minimum absolute atomic E-state index is 0.734. The third-order valence-electron chi connectivity index (χ3n) is 2.72. The Hall–Kier alpha value is -0.360.